The largest absolute Gasteiger partial charge is 1.00 e. The SMILES string of the molecule is OCCOCCNCc1ccccc1Cl.[Cl-]. The van der Waals surface area contributed by atoms with Gasteiger partial charge in [0.05, 0.1) is 19.8 Å². The highest BCUT2D eigenvalue weighted by Crippen LogP contribution is 2.13. The summed E-state index contributed by atoms with van der Waals surface area (Å²) < 4.78 is 5.11. The molecule has 1 aromatic carbocycles. The lowest BCUT2D eigenvalue weighted by atomic mass is 10.2. The van der Waals surface area contributed by atoms with Crippen molar-refractivity contribution in [2.75, 3.05) is 26.4 Å². The van der Waals surface area contributed by atoms with E-state index in [9.17, 15) is 0 Å². The van der Waals surface area contributed by atoms with Gasteiger partial charge in [-0.2, -0.15) is 0 Å². The lowest BCUT2D eigenvalue weighted by molar-refractivity contribution is -0.00000421. The van der Waals surface area contributed by atoms with Crippen molar-refractivity contribution in [3.8, 4) is 0 Å². The molecule has 0 saturated heterocycles. The second kappa shape index (κ2) is 9.87. The summed E-state index contributed by atoms with van der Waals surface area (Å²) in [6.07, 6.45) is 0. The van der Waals surface area contributed by atoms with E-state index in [0.717, 1.165) is 23.7 Å². The van der Waals surface area contributed by atoms with Crippen LogP contribution in [0.2, 0.25) is 5.02 Å². The van der Waals surface area contributed by atoms with Crippen molar-refractivity contribution in [3.05, 3.63) is 34.9 Å². The molecule has 5 heteroatoms. The third-order valence-corrected chi connectivity index (χ3v) is 2.30. The number of aliphatic hydroxyl groups excluding tert-OH is 1. The number of hydrogen-bond donors (Lipinski definition) is 2. The molecule has 0 aliphatic rings. The van der Waals surface area contributed by atoms with Gasteiger partial charge < -0.3 is 27.6 Å². The van der Waals surface area contributed by atoms with E-state index in [1.807, 2.05) is 24.3 Å². The number of hydrogen-bond acceptors (Lipinski definition) is 3. The van der Waals surface area contributed by atoms with Crippen LogP contribution in [-0.4, -0.2) is 31.5 Å². The summed E-state index contributed by atoms with van der Waals surface area (Å²) in [5, 5.41) is 12.5. The van der Waals surface area contributed by atoms with Crippen LogP contribution >= 0.6 is 11.6 Å². The van der Waals surface area contributed by atoms with E-state index < -0.39 is 0 Å². The zero-order valence-corrected chi connectivity index (χ0v) is 10.5. The smallest absolute Gasteiger partial charge is 0.0698 e. The van der Waals surface area contributed by atoms with Crippen LogP contribution < -0.4 is 17.7 Å². The quantitative estimate of drug-likeness (QED) is 0.586. The van der Waals surface area contributed by atoms with E-state index >= 15 is 0 Å². The fourth-order valence-electron chi connectivity index (χ4n) is 1.18. The van der Waals surface area contributed by atoms with E-state index in [4.69, 9.17) is 21.4 Å². The first kappa shape index (κ1) is 15.7. The summed E-state index contributed by atoms with van der Waals surface area (Å²) >= 11 is 5.98. The molecule has 1 rings (SSSR count). The van der Waals surface area contributed by atoms with Crippen LogP contribution in [0.1, 0.15) is 5.56 Å². The summed E-state index contributed by atoms with van der Waals surface area (Å²) in [5.74, 6) is 0. The van der Waals surface area contributed by atoms with Crippen LogP contribution in [0.5, 0.6) is 0 Å². The van der Waals surface area contributed by atoms with Gasteiger partial charge in [-0.05, 0) is 11.6 Å². The topological polar surface area (TPSA) is 41.5 Å². The highest BCUT2D eigenvalue weighted by molar-refractivity contribution is 6.31. The van der Waals surface area contributed by atoms with E-state index in [-0.39, 0.29) is 19.0 Å². The minimum atomic E-state index is 0. The molecule has 0 atom stereocenters. The Labute approximate surface area is 107 Å². The van der Waals surface area contributed by atoms with Crippen molar-refractivity contribution in [3.63, 3.8) is 0 Å². The van der Waals surface area contributed by atoms with Gasteiger partial charge in [-0.1, -0.05) is 29.8 Å². The average Bonchev–Trinajstić information content (AvgIpc) is 2.25. The molecular weight excluding hydrogens is 249 g/mol. The number of halogens is 2. The lowest BCUT2D eigenvalue weighted by Crippen LogP contribution is -3.00. The third-order valence-electron chi connectivity index (χ3n) is 1.93. The summed E-state index contributed by atoms with van der Waals surface area (Å²) in [6.45, 7) is 2.57. The molecule has 0 aliphatic carbocycles. The molecule has 16 heavy (non-hydrogen) atoms. The Hall–Kier alpha value is -0.320. The van der Waals surface area contributed by atoms with Gasteiger partial charge in [0.1, 0.15) is 0 Å². The van der Waals surface area contributed by atoms with Gasteiger partial charge in [0.15, 0.2) is 0 Å². The molecule has 0 spiro atoms. The third kappa shape index (κ3) is 6.30. The molecule has 0 heterocycles. The first-order valence-corrected chi connectivity index (χ1v) is 5.35. The fraction of sp³-hybridized carbons (Fsp3) is 0.455. The van der Waals surface area contributed by atoms with Crippen LogP contribution in [0.15, 0.2) is 24.3 Å². The predicted octanol–water partition coefficient (Wildman–Crippen LogP) is -1.56. The standard InChI is InChI=1S/C11H16ClNO2.ClH/c12-11-4-2-1-3-10(11)9-13-5-7-15-8-6-14;/h1-4,13-14H,5-9H2;1H/p-1. The zero-order chi connectivity index (χ0) is 10.9. The van der Waals surface area contributed by atoms with Gasteiger partial charge in [0.2, 0.25) is 0 Å². The van der Waals surface area contributed by atoms with E-state index in [1.54, 1.807) is 0 Å². The highest BCUT2D eigenvalue weighted by atomic mass is 35.5. The Bertz CT molecular complexity index is 284. The van der Waals surface area contributed by atoms with Gasteiger partial charge in [-0.3, -0.25) is 0 Å². The summed E-state index contributed by atoms with van der Waals surface area (Å²) in [4.78, 5) is 0. The molecule has 0 aliphatic heterocycles. The van der Waals surface area contributed by atoms with Crippen molar-refractivity contribution < 1.29 is 22.3 Å². The van der Waals surface area contributed by atoms with Crippen molar-refractivity contribution in [2.24, 2.45) is 0 Å². The van der Waals surface area contributed by atoms with Gasteiger partial charge in [0, 0.05) is 18.1 Å². The van der Waals surface area contributed by atoms with Crippen molar-refractivity contribution in [1.29, 1.82) is 0 Å². The number of rotatable bonds is 7. The molecule has 0 aromatic heterocycles. The number of nitrogens with one attached hydrogen (secondary N) is 1. The van der Waals surface area contributed by atoms with Crippen molar-refractivity contribution in [2.45, 2.75) is 6.54 Å². The molecule has 0 fully saturated rings. The minimum absolute atomic E-state index is 0. The molecule has 1 aromatic rings. The summed E-state index contributed by atoms with van der Waals surface area (Å²) in [6, 6.07) is 7.74. The van der Waals surface area contributed by atoms with Crippen LogP contribution in [0, 0.1) is 0 Å². The summed E-state index contributed by atoms with van der Waals surface area (Å²) in [5.41, 5.74) is 1.08. The molecule has 0 bridgehead atoms. The van der Waals surface area contributed by atoms with Crippen LogP contribution in [0.25, 0.3) is 0 Å². The Morgan fingerprint density at radius 3 is 2.69 bits per heavy atom. The number of aliphatic hydroxyl groups is 1. The van der Waals surface area contributed by atoms with Crippen molar-refractivity contribution >= 4 is 11.6 Å². The van der Waals surface area contributed by atoms with Crippen LogP contribution in [0.4, 0.5) is 0 Å². The normalized spacial score (nSPS) is 9.88. The van der Waals surface area contributed by atoms with Gasteiger partial charge in [0.25, 0.3) is 0 Å². The maximum Gasteiger partial charge on any atom is 0.0698 e. The average molecular weight is 265 g/mol. The second-order valence-electron chi connectivity index (χ2n) is 3.10. The first-order valence-electron chi connectivity index (χ1n) is 4.97. The predicted molar refractivity (Wildman–Crippen MR) is 61.1 cm³/mol. The van der Waals surface area contributed by atoms with E-state index in [0.29, 0.717) is 13.2 Å². The molecule has 2 N–H and O–H groups in total. The second-order valence-corrected chi connectivity index (χ2v) is 3.51. The number of benzene rings is 1. The van der Waals surface area contributed by atoms with Gasteiger partial charge in [-0.25, -0.2) is 0 Å². The van der Waals surface area contributed by atoms with Gasteiger partial charge in [-0.15, -0.1) is 0 Å². The minimum Gasteiger partial charge on any atom is -1.00 e. The monoisotopic (exact) mass is 264 g/mol. The molecule has 0 amide bonds. The lowest BCUT2D eigenvalue weighted by Gasteiger charge is -2.06. The maximum absolute atomic E-state index is 8.47. The fourth-order valence-corrected chi connectivity index (χ4v) is 1.38. The molecule has 92 valence electrons. The molecule has 0 radical (unpaired) electrons. The Kier molecular flexibility index (Phi) is 9.68. The maximum atomic E-state index is 8.47. The molecular formula is C11H16Cl2NO2-. The van der Waals surface area contributed by atoms with E-state index in [1.165, 1.54) is 0 Å². The Morgan fingerprint density at radius 2 is 2.00 bits per heavy atom. The number of ether oxygens (including phenoxy) is 1. The first-order chi connectivity index (χ1) is 7.34. The van der Waals surface area contributed by atoms with Crippen LogP contribution in [0.3, 0.4) is 0 Å². The van der Waals surface area contributed by atoms with Crippen molar-refractivity contribution in [1.82, 2.24) is 5.32 Å². The van der Waals surface area contributed by atoms with Crippen LogP contribution in [-0.2, 0) is 11.3 Å². The summed E-state index contributed by atoms with van der Waals surface area (Å²) in [7, 11) is 0. The van der Waals surface area contributed by atoms with E-state index in [2.05, 4.69) is 5.32 Å². The Balaban J connectivity index is 0.00000225. The molecule has 0 unspecified atom stereocenters. The van der Waals surface area contributed by atoms with Gasteiger partial charge >= 0.3 is 0 Å². The zero-order valence-electron chi connectivity index (χ0n) is 8.96. The Morgan fingerprint density at radius 1 is 1.25 bits per heavy atom. The molecule has 3 nitrogen and oxygen atoms in total. The molecule has 0 saturated carbocycles. The highest BCUT2D eigenvalue weighted by Gasteiger charge is 1.97.